The zero-order valence-corrected chi connectivity index (χ0v) is 21.4. The van der Waals surface area contributed by atoms with Gasteiger partial charge in [-0.05, 0) is 29.8 Å². The molecule has 8 heteroatoms. The Morgan fingerprint density at radius 2 is 1.95 bits per heavy atom. The van der Waals surface area contributed by atoms with Gasteiger partial charge in [-0.1, -0.05) is 42.5 Å². The van der Waals surface area contributed by atoms with E-state index >= 15 is 0 Å². The Labute approximate surface area is 219 Å². The van der Waals surface area contributed by atoms with Crippen LogP contribution in [0.25, 0.3) is 20.8 Å². The summed E-state index contributed by atoms with van der Waals surface area (Å²) in [6.07, 6.45) is 0.436. The summed E-state index contributed by atoms with van der Waals surface area (Å²) in [7, 11) is 1.62. The van der Waals surface area contributed by atoms with E-state index in [1.165, 1.54) is 0 Å². The molecule has 0 aliphatic carbocycles. The van der Waals surface area contributed by atoms with E-state index in [9.17, 15) is 9.59 Å². The summed E-state index contributed by atoms with van der Waals surface area (Å²) in [5.74, 6) is 1.34. The van der Waals surface area contributed by atoms with E-state index < -0.39 is 0 Å². The maximum atomic E-state index is 13.4. The molecule has 0 N–H and O–H groups in total. The van der Waals surface area contributed by atoms with Crippen molar-refractivity contribution in [2.75, 3.05) is 33.4 Å². The van der Waals surface area contributed by atoms with E-state index in [4.69, 9.17) is 14.5 Å². The van der Waals surface area contributed by atoms with Gasteiger partial charge in [0.25, 0.3) is 0 Å². The van der Waals surface area contributed by atoms with Crippen LogP contribution in [0, 0.1) is 0 Å². The van der Waals surface area contributed by atoms with Crippen LogP contribution < -0.4 is 9.47 Å². The number of rotatable bonds is 5. The van der Waals surface area contributed by atoms with Gasteiger partial charge in [0.05, 0.1) is 30.4 Å². The normalized spacial score (nSPS) is 17.4. The molecule has 0 spiro atoms. The standard InChI is InChI=1S/C29H27N3O4S/c1-35-24-14-20(29-30-23-9-5-6-10-25(23)37-29)13-22-17-31(11-12-36-28(22)24)27(34)18-32-16-21(15-26(32)33)19-7-3-2-4-8-19/h2-10,13-14,21H,11-12,15-18H2,1H3/t21-/m0/s1. The van der Waals surface area contributed by atoms with Gasteiger partial charge in [0.2, 0.25) is 11.8 Å². The fourth-order valence-electron chi connectivity index (χ4n) is 5.10. The lowest BCUT2D eigenvalue weighted by molar-refractivity contribution is -0.138. The van der Waals surface area contributed by atoms with Crippen LogP contribution in [0.15, 0.2) is 66.7 Å². The molecule has 0 unspecified atom stereocenters. The number of amides is 2. The molecule has 0 radical (unpaired) electrons. The number of para-hydroxylation sites is 1. The number of ether oxygens (including phenoxy) is 2. The van der Waals surface area contributed by atoms with Crippen molar-refractivity contribution in [3.63, 3.8) is 0 Å². The summed E-state index contributed by atoms with van der Waals surface area (Å²) in [4.78, 5) is 34.3. The highest BCUT2D eigenvalue weighted by Gasteiger charge is 2.33. The first-order chi connectivity index (χ1) is 18.1. The second-order valence-corrected chi connectivity index (χ2v) is 10.4. The number of carbonyl (C=O) groups excluding carboxylic acids is 2. The SMILES string of the molecule is COc1cc(-c2nc3ccccc3s2)cc2c1OCCN(C(=O)CN1C[C@@H](c3ccccc3)CC1=O)C2. The van der Waals surface area contributed by atoms with Gasteiger partial charge in [-0.2, -0.15) is 0 Å². The number of benzene rings is 3. The molecule has 2 amide bonds. The van der Waals surface area contributed by atoms with Crippen LogP contribution in [0.4, 0.5) is 0 Å². The highest BCUT2D eigenvalue weighted by molar-refractivity contribution is 7.21. The molecule has 0 saturated carbocycles. The molecule has 4 aromatic rings. The van der Waals surface area contributed by atoms with Crippen molar-refractivity contribution in [3.8, 4) is 22.1 Å². The lowest BCUT2D eigenvalue weighted by Gasteiger charge is -2.24. The molecule has 1 saturated heterocycles. The van der Waals surface area contributed by atoms with E-state index in [0.29, 0.717) is 44.2 Å². The molecular formula is C29H27N3O4S. The van der Waals surface area contributed by atoms with Gasteiger partial charge in [0.1, 0.15) is 11.6 Å². The van der Waals surface area contributed by atoms with Crippen molar-refractivity contribution in [1.82, 2.24) is 14.8 Å². The average molecular weight is 514 g/mol. The largest absolute Gasteiger partial charge is 0.493 e. The fourth-order valence-corrected chi connectivity index (χ4v) is 6.06. The zero-order chi connectivity index (χ0) is 25.4. The van der Waals surface area contributed by atoms with Crippen molar-refractivity contribution in [2.24, 2.45) is 0 Å². The lowest BCUT2D eigenvalue weighted by Crippen LogP contribution is -2.41. The molecule has 1 atom stereocenters. The van der Waals surface area contributed by atoms with Gasteiger partial charge >= 0.3 is 0 Å². The lowest BCUT2D eigenvalue weighted by atomic mass is 9.99. The number of hydrogen-bond donors (Lipinski definition) is 0. The first kappa shape index (κ1) is 23.5. The monoisotopic (exact) mass is 513 g/mol. The molecule has 0 bridgehead atoms. The number of carbonyl (C=O) groups is 2. The second kappa shape index (κ2) is 9.86. The van der Waals surface area contributed by atoms with E-state index in [1.807, 2.05) is 60.7 Å². The number of methoxy groups -OCH3 is 1. The molecule has 3 heterocycles. The summed E-state index contributed by atoms with van der Waals surface area (Å²) < 4.78 is 12.8. The van der Waals surface area contributed by atoms with Gasteiger partial charge in [-0.3, -0.25) is 9.59 Å². The summed E-state index contributed by atoms with van der Waals surface area (Å²) in [6, 6.07) is 22.1. The third kappa shape index (κ3) is 4.64. The minimum Gasteiger partial charge on any atom is -0.493 e. The Bertz CT molecular complexity index is 1440. The third-order valence-electron chi connectivity index (χ3n) is 7.03. The maximum Gasteiger partial charge on any atom is 0.242 e. The number of aromatic nitrogens is 1. The molecule has 2 aliphatic rings. The Morgan fingerprint density at radius 1 is 1.14 bits per heavy atom. The zero-order valence-electron chi connectivity index (χ0n) is 20.6. The van der Waals surface area contributed by atoms with Crippen LogP contribution in [-0.4, -0.2) is 59.9 Å². The van der Waals surface area contributed by atoms with E-state index in [1.54, 1.807) is 28.2 Å². The maximum absolute atomic E-state index is 13.4. The van der Waals surface area contributed by atoms with E-state index in [0.717, 1.165) is 31.9 Å². The number of fused-ring (bicyclic) bond motifs is 2. The fraction of sp³-hybridized carbons (Fsp3) is 0.276. The predicted molar refractivity (Wildman–Crippen MR) is 143 cm³/mol. The summed E-state index contributed by atoms with van der Waals surface area (Å²) in [6.45, 7) is 1.82. The van der Waals surface area contributed by atoms with Gasteiger partial charge in [-0.25, -0.2) is 4.98 Å². The molecule has 7 nitrogen and oxygen atoms in total. The summed E-state index contributed by atoms with van der Waals surface area (Å²) >= 11 is 1.62. The molecule has 188 valence electrons. The topological polar surface area (TPSA) is 72.0 Å². The van der Waals surface area contributed by atoms with Crippen molar-refractivity contribution < 1.29 is 19.1 Å². The van der Waals surface area contributed by atoms with Crippen LogP contribution in [0.1, 0.15) is 23.5 Å². The third-order valence-corrected chi connectivity index (χ3v) is 8.11. The molecule has 6 rings (SSSR count). The van der Waals surface area contributed by atoms with Crippen LogP contribution in [0.2, 0.25) is 0 Å². The highest BCUT2D eigenvalue weighted by Crippen LogP contribution is 2.40. The molecule has 3 aromatic carbocycles. The van der Waals surface area contributed by atoms with Crippen molar-refractivity contribution in [1.29, 1.82) is 0 Å². The Hall–Kier alpha value is -3.91. The Morgan fingerprint density at radius 3 is 2.76 bits per heavy atom. The van der Waals surface area contributed by atoms with Crippen molar-refractivity contribution in [2.45, 2.75) is 18.9 Å². The number of hydrogen-bond acceptors (Lipinski definition) is 6. The summed E-state index contributed by atoms with van der Waals surface area (Å²) in [5, 5.41) is 0.888. The van der Waals surface area contributed by atoms with E-state index in [2.05, 4.69) is 6.07 Å². The molecular weight excluding hydrogens is 486 g/mol. The predicted octanol–water partition coefficient (Wildman–Crippen LogP) is 4.71. The van der Waals surface area contributed by atoms with Gasteiger partial charge in [-0.15, -0.1) is 11.3 Å². The minimum atomic E-state index is -0.0807. The number of nitrogens with zero attached hydrogens (tertiary/aromatic N) is 3. The molecule has 37 heavy (non-hydrogen) atoms. The second-order valence-electron chi connectivity index (χ2n) is 9.40. The molecule has 2 aliphatic heterocycles. The number of thiazole rings is 1. The molecule has 1 fully saturated rings. The van der Waals surface area contributed by atoms with Crippen molar-refractivity contribution >= 4 is 33.4 Å². The van der Waals surface area contributed by atoms with Crippen molar-refractivity contribution in [3.05, 3.63) is 77.9 Å². The van der Waals surface area contributed by atoms with Gasteiger partial charge < -0.3 is 19.3 Å². The Kier molecular flexibility index (Phi) is 6.26. The van der Waals surface area contributed by atoms with Crippen LogP contribution in [0.3, 0.4) is 0 Å². The van der Waals surface area contributed by atoms with E-state index in [-0.39, 0.29) is 24.3 Å². The molecule has 1 aromatic heterocycles. The quantitative estimate of drug-likeness (QED) is 0.387. The highest BCUT2D eigenvalue weighted by atomic mass is 32.1. The first-order valence-electron chi connectivity index (χ1n) is 12.4. The Balaban J connectivity index is 1.22. The minimum absolute atomic E-state index is 0.0217. The van der Waals surface area contributed by atoms with Crippen LogP contribution in [-0.2, 0) is 16.1 Å². The smallest absolute Gasteiger partial charge is 0.242 e. The first-order valence-corrected chi connectivity index (χ1v) is 13.2. The van der Waals surface area contributed by atoms with Crippen LogP contribution >= 0.6 is 11.3 Å². The van der Waals surface area contributed by atoms with Gasteiger partial charge in [0.15, 0.2) is 11.5 Å². The summed E-state index contributed by atoms with van der Waals surface area (Å²) in [5.41, 5.74) is 3.88. The number of likely N-dealkylation sites (tertiary alicyclic amines) is 1. The van der Waals surface area contributed by atoms with Crippen LogP contribution in [0.5, 0.6) is 11.5 Å². The van der Waals surface area contributed by atoms with Gasteiger partial charge in [0, 0.05) is 36.6 Å². The average Bonchev–Trinajstić information content (AvgIpc) is 3.45.